The van der Waals surface area contributed by atoms with E-state index in [0.717, 1.165) is 24.1 Å². The molecule has 2 rings (SSSR count). The van der Waals surface area contributed by atoms with Crippen molar-refractivity contribution in [1.82, 2.24) is 0 Å². The molecule has 0 bridgehead atoms. The van der Waals surface area contributed by atoms with Crippen molar-refractivity contribution in [2.45, 2.75) is 32.2 Å². The summed E-state index contributed by atoms with van der Waals surface area (Å²) in [4.78, 5) is 12.5. The van der Waals surface area contributed by atoms with E-state index in [1.165, 1.54) is 6.07 Å². The van der Waals surface area contributed by atoms with Gasteiger partial charge in [0.1, 0.15) is 5.02 Å². The topological polar surface area (TPSA) is 70.2 Å². The molecule has 1 aliphatic rings. The Kier molecular flexibility index (Phi) is 3.91. The van der Waals surface area contributed by atoms with Gasteiger partial charge in [-0.1, -0.05) is 11.6 Å². The standard InChI is InChI=1S/C13H14ClN3O2/c1-9-7-13(17(18)19)11(14)8-12(9)16(6-2-5-15)10-3-4-10/h7-8,10H,2-4,6H2,1H3. The van der Waals surface area contributed by atoms with Gasteiger partial charge in [-0.05, 0) is 31.4 Å². The lowest BCUT2D eigenvalue weighted by Crippen LogP contribution is -2.27. The number of halogens is 1. The third-order valence-corrected chi connectivity index (χ3v) is 3.53. The van der Waals surface area contributed by atoms with Gasteiger partial charge in [-0.2, -0.15) is 5.26 Å². The highest BCUT2D eigenvalue weighted by molar-refractivity contribution is 6.33. The lowest BCUT2D eigenvalue weighted by molar-refractivity contribution is -0.384. The summed E-state index contributed by atoms with van der Waals surface area (Å²) < 4.78 is 0. The third kappa shape index (κ3) is 2.96. The van der Waals surface area contributed by atoms with Crippen LogP contribution in [0.4, 0.5) is 11.4 Å². The largest absolute Gasteiger partial charge is 0.367 e. The quantitative estimate of drug-likeness (QED) is 0.611. The number of anilines is 1. The first-order valence-electron chi connectivity index (χ1n) is 6.12. The second kappa shape index (κ2) is 5.45. The first kappa shape index (κ1) is 13.6. The van der Waals surface area contributed by atoms with E-state index in [4.69, 9.17) is 16.9 Å². The maximum Gasteiger partial charge on any atom is 0.288 e. The molecular weight excluding hydrogens is 266 g/mol. The number of hydrogen-bond donors (Lipinski definition) is 0. The van der Waals surface area contributed by atoms with Gasteiger partial charge in [-0.25, -0.2) is 0 Å². The van der Waals surface area contributed by atoms with Crippen molar-refractivity contribution in [2.24, 2.45) is 0 Å². The van der Waals surface area contributed by atoms with E-state index in [-0.39, 0.29) is 10.7 Å². The maximum atomic E-state index is 10.8. The van der Waals surface area contributed by atoms with Crippen LogP contribution in [-0.4, -0.2) is 17.5 Å². The van der Waals surface area contributed by atoms with E-state index in [2.05, 4.69) is 11.0 Å². The van der Waals surface area contributed by atoms with Crippen LogP contribution in [0, 0.1) is 28.4 Å². The SMILES string of the molecule is Cc1cc([N+](=O)[O-])c(Cl)cc1N(CCC#N)C1CC1. The van der Waals surface area contributed by atoms with Gasteiger partial charge >= 0.3 is 0 Å². The number of aryl methyl sites for hydroxylation is 1. The van der Waals surface area contributed by atoms with Gasteiger partial charge in [0.2, 0.25) is 0 Å². The minimum Gasteiger partial charge on any atom is -0.367 e. The van der Waals surface area contributed by atoms with Gasteiger partial charge in [0, 0.05) is 24.3 Å². The average Bonchev–Trinajstić information content (AvgIpc) is 3.17. The molecule has 0 aliphatic heterocycles. The van der Waals surface area contributed by atoms with E-state index in [0.29, 0.717) is 19.0 Å². The number of nitro benzene ring substituents is 1. The van der Waals surface area contributed by atoms with E-state index in [1.54, 1.807) is 6.07 Å². The van der Waals surface area contributed by atoms with Gasteiger partial charge in [-0.3, -0.25) is 10.1 Å². The number of nitrogens with zero attached hydrogens (tertiary/aromatic N) is 3. The summed E-state index contributed by atoms with van der Waals surface area (Å²) in [6.07, 6.45) is 2.63. The van der Waals surface area contributed by atoms with Crippen molar-refractivity contribution in [1.29, 1.82) is 5.26 Å². The summed E-state index contributed by atoms with van der Waals surface area (Å²) in [5.41, 5.74) is 1.65. The Labute approximate surface area is 116 Å². The molecular formula is C13H14ClN3O2. The van der Waals surface area contributed by atoms with Gasteiger partial charge in [-0.15, -0.1) is 0 Å². The van der Waals surface area contributed by atoms with Crippen LogP contribution >= 0.6 is 11.6 Å². The van der Waals surface area contributed by atoms with Crippen molar-refractivity contribution < 1.29 is 4.92 Å². The zero-order chi connectivity index (χ0) is 14.0. The summed E-state index contributed by atoms with van der Waals surface area (Å²) in [7, 11) is 0. The van der Waals surface area contributed by atoms with E-state index < -0.39 is 4.92 Å². The number of rotatable bonds is 5. The summed E-state index contributed by atoms with van der Waals surface area (Å²) in [6, 6.07) is 5.71. The highest BCUT2D eigenvalue weighted by Gasteiger charge is 2.30. The molecule has 100 valence electrons. The van der Waals surface area contributed by atoms with Crippen molar-refractivity contribution in [2.75, 3.05) is 11.4 Å². The molecule has 1 aliphatic carbocycles. The first-order valence-corrected chi connectivity index (χ1v) is 6.50. The molecule has 0 aromatic heterocycles. The first-order chi connectivity index (χ1) is 9.04. The Morgan fingerprint density at radius 3 is 2.79 bits per heavy atom. The van der Waals surface area contributed by atoms with E-state index in [1.807, 2.05) is 6.92 Å². The average molecular weight is 280 g/mol. The fourth-order valence-electron chi connectivity index (χ4n) is 2.16. The van der Waals surface area contributed by atoms with Crippen molar-refractivity contribution in [3.05, 3.63) is 32.8 Å². The van der Waals surface area contributed by atoms with Crippen molar-refractivity contribution in [3.8, 4) is 6.07 Å². The Balaban J connectivity index is 2.35. The summed E-state index contributed by atoms with van der Waals surface area (Å²) in [5.74, 6) is 0. The van der Waals surface area contributed by atoms with Crippen molar-refractivity contribution >= 4 is 23.0 Å². The van der Waals surface area contributed by atoms with E-state index in [9.17, 15) is 10.1 Å². The molecule has 0 spiro atoms. The summed E-state index contributed by atoms with van der Waals surface area (Å²) >= 11 is 5.97. The predicted molar refractivity (Wildman–Crippen MR) is 73.4 cm³/mol. The lowest BCUT2D eigenvalue weighted by atomic mass is 10.1. The molecule has 5 nitrogen and oxygen atoms in total. The van der Waals surface area contributed by atoms with Gasteiger partial charge in [0.05, 0.1) is 17.4 Å². The smallest absolute Gasteiger partial charge is 0.288 e. The van der Waals surface area contributed by atoms with Crippen LogP contribution in [0.25, 0.3) is 0 Å². The van der Waals surface area contributed by atoms with Gasteiger partial charge < -0.3 is 4.90 Å². The zero-order valence-corrected chi connectivity index (χ0v) is 11.4. The predicted octanol–water partition coefficient (Wildman–Crippen LogP) is 3.44. The molecule has 1 aromatic rings. The Morgan fingerprint density at radius 2 is 2.26 bits per heavy atom. The van der Waals surface area contributed by atoms with Crippen LogP contribution in [0.1, 0.15) is 24.8 Å². The zero-order valence-electron chi connectivity index (χ0n) is 10.6. The molecule has 0 amide bonds. The van der Waals surface area contributed by atoms with E-state index >= 15 is 0 Å². The molecule has 1 fully saturated rings. The fraction of sp³-hybridized carbons (Fsp3) is 0.462. The van der Waals surface area contributed by atoms with Gasteiger partial charge in [0.25, 0.3) is 5.69 Å². The second-order valence-electron chi connectivity index (χ2n) is 4.68. The second-order valence-corrected chi connectivity index (χ2v) is 5.09. The highest BCUT2D eigenvalue weighted by atomic mass is 35.5. The van der Waals surface area contributed by atoms with Crippen LogP contribution in [0.5, 0.6) is 0 Å². The lowest BCUT2D eigenvalue weighted by Gasteiger charge is -2.25. The monoisotopic (exact) mass is 279 g/mol. The van der Waals surface area contributed by atoms with Crippen LogP contribution in [-0.2, 0) is 0 Å². The maximum absolute atomic E-state index is 10.8. The third-order valence-electron chi connectivity index (χ3n) is 3.22. The van der Waals surface area contributed by atoms with Gasteiger partial charge in [0.15, 0.2) is 0 Å². The number of nitro groups is 1. The molecule has 1 aromatic carbocycles. The molecule has 6 heteroatoms. The van der Waals surface area contributed by atoms with Crippen molar-refractivity contribution in [3.63, 3.8) is 0 Å². The molecule has 1 saturated carbocycles. The molecule has 0 saturated heterocycles. The van der Waals surface area contributed by atoms with Crippen LogP contribution < -0.4 is 4.90 Å². The minimum absolute atomic E-state index is 0.0704. The molecule has 0 heterocycles. The van der Waals surface area contributed by atoms with Crippen LogP contribution in [0.3, 0.4) is 0 Å². The number of benzene rings is 1. The Hall–Kier alpha value is -1.80. The molecule has 19 heavy (non-hydrogen) atoms. The van der Waals surface area contributed by atoms with Crippen LogP contribution in [0.15, 0.2) is 12.1 Å². The summed E-state index contributed by atoms with van der Waals surface area (Å²) in [5, 5.41) is 19.7. The van der Waals surface area contributed by atoms with Crippen LogP contribution in [0.2, 0.25) is 5.02 Å². The number of nitriles is 1. The summed E-state index contributed by atoms with van der Waals surface area (Å²) in [6.45, 7) is 2.47. The molecule has 0 N–H and O–H groups in total. The molecule has 0 unspecified atom stereocenters. The Bertz CT molecular complexity index is 550. The highest BCUT2D eigenvalue weighted by Crippen LogP contribution is 2.38. The molecule has 0 atom stereocenters. The molecule has 0 radical (unpaired) electrons. The Morgan fingerprint density at radius 1 is 1.58 bits per heavy atom. The normalized spacial score (nSPS) is 13.9. The minimum atomic E-state index is -0.476. The number of hydrogen-bond acceptors (Lipinski definition) is 4. The fourth-order valence-corrected chi connectivity index (χ4v) is 2.39.